The Morgan fingerprint density at radius 3 is 2.43 bits per heavy atom. The Labute approximate surface area is 138 Å². The van der Waals surface area contributed by atoms with Crippen molar-refractivity contribution in [2.24, 2.45) is 5.92 Å². The topological polar surface area (TPSA) is 32.7 Å². The second-order valence-electron chi connectivity index (χ2n) is 5.45. The van der Waals surface area contributed by atoms with Crippen molar-refractivity contribution in [3.8, 4) is 0 Å². The Morgan fingerprint density at radius 2 is 1.81 bits per heavy atom. The van der Waals surface area contributed by atoms with Crippen molar-refractivity contribution in [1.29, 1.82) is 0 Å². The number of rotatable bonds is 7. The zero-order valence-electron chi connectivity index (χ0n) is 12.3. The molecule has 0 amide bonds. The number of hydrogen-bond donors (Lipinski definition) is 1. The molecule has 0 aliphatic carbocycles. The number of aliphatic hydroxyl groups excluding tert-OH is 1. The van der Waals surface area contributed by atoms with E-state index in [0.717, 1.165) is 43.6 Å². The summed E-state index contributed by atoms with van der Waals surface area (Å²) in [5.41, 5.74) is 1.39. The summed E-state index contributed by atoms with van der Waals surface area (Å²) in [4.78, 5) is 2.45. The zero-order chi connectivity index (χ0) is 14.2. The lowest BCUT2D eigenvalue weighted by Crippen LogP contribution is -2.36. The lowest BCUT2D eigenvalue weighted by Gasteiger charge is -2.31. The van der Waals surface area contributed by atoms with Gasteiger partial charge in [-0.3, -0.25) is 0 Å². The van der Waals surface area contributed by atoms with Crippen LogP contribution in [0.15, 0.2) is 24.3 Å². The van der Waals surface area contributed by atoms with Gasteiger partial charge in [0.2, 0.25) is 0 Å². The van der Waals surface area contributed by atoms with Gasteiger partial charge in [-0.25, -0.2) is 0 Å². The van der Waals surface area contributed by atoms with Crippen LogP contribution in [0, 0.1) is 5.92 Å². The largest absolute Gasteiger partial charge is 0.394 e. The zero-order valence-corrected chi connectivity index (χ0v) is 13.9. The van der Waals surface area contributed by atoms with Gasteiger partial charge in [0.25, 0.3) is 0 Å². The number of halogens is 2. The van der Waals surface area contributed by atoms with Crippen LogP contribution in [-0.2, 0) is 11.2 Å². The predicted octanol–water partition coefficient (Wildman–Crippen LogP) is 3.03. The lowest BCUT2D eigenvalue weighted by atomic mass is 9.90. The highest BCUT2D eigenvalue weighted by Gasteiger charge is 2.19. The van der Waals surface area contributed by atoms with Crippen LogP contribution in [0.1, 0.15) is 18.4 Å². The van der Waals surface area contributed by atoms with E-state index in [0.29, 0.717) is 6.61 Å². The molecule has 1 aromatic carbocycles. The molecule has 0 saturated carbocycles. The van der Waals surface area contributed by atoms with E-state index in [1.807, 2.05) is 12.1 Å². The maximum atomic E-state index is 8.65. The fourth-order valence-corrected chi connectivity index (χ4v) is 2.85. The van der Waals surface area contributed by atoms with E-state index in [9.17, 15) is 0 Å². The third kappa shape index (κ3) is 6.98. The first-order valence-corrected chi connectivity index (χ1v) is 7.81. The molecule has 1 aliphatic heterocycles. The van der Waals surface area contributed by atoms with Crippen molar-refractivity contribution >= 4 is 24.0 Å². The second-order valence-corrected chi connectivity index (χ2v) is 5.89. The van der Waals surface area contributed by atoms with Crippen molar-refractivity contribution in [2.75, 3.05) is 39.5 Å². The summed E-state index contributed by atoms with van der Waals surface area (Å²) in [6.07, 6.45) is 3.66. The fourth-order valence-electron chi connectivity index (χ4n) is 2.73. The minimum absolute atomic E-state index is 0. The Balaban J connectivity index is 0.00000220. The highest BCUT2D eigenvalue weighted by molar-refractivity contribution is 6.30. The van der Waals surface area contributed by atoms with Gasteiger partial charge in [-0.2, -0.15) is 0 Å². The lowest BCUT2D eigenvalue weighted by molar-refractivity contribution is 0.0649. The van der Waals surface area contributed by atoms with Crippen molar-refractivity contribution in [3.05, 3.63) is 34.9 Å². The van der Waals surface area contributed by atoms with Crippen LogP contribution in [0.25, 0.3) is 0 Å². The first-order valence-electron chi connectivity index (χ1n) is 7.43. The molecule has 0 aromatic heterocycles. The van der Waals surface area contributed by atoms with Gasteiger partial charge in [0.15, 0.2) is 0 Å². The van der Waals surface area contributed by atoms with Gasteiger partial charge in [-0.15, -0.1) is 12.4 Å². The maximum Gasteiger partial charge on any atom is 0.0698 e. The quantitative estimate of drug-likeness (QED) is 0.778. The van der Waals surface area contributed by atoms with E-state index < -0.39 is 0 Å². The molecule has 0 radical (unpaired) electrons. The first-order chi connectivity index (χ1) is 9.78. The van der Waals surface area contributed by atoms with Gasteiger partial charge in [0.1, 0.15) is 0 Å². The van der Waals surface area contributed by atoms with Crippen LogP contribution in [-0.4, -0.2) is 49.5 Å². The Kier molecular flexibility index (Phi) is 9.29. The molecular formula is C16H25Cl2NO2. The minimum Gasteiger partial charge on any atom is -0.394 e. The molecule has 2 rings (SSSR count). The predicted molar refractivity (Wildman–Crippen MR) is 89.5 cm³/mol. The molecule has 1 aliphatic rings. The van der Waals surface area contributed by atoms with Gasteiger partial charge in [0, 0.05) is 11.6 Å². The molecule has 120 valence electrons. The molecule has 1 heterocycles. The summed E-state index contributed by atoms with van der Waals surface area (Å²) in [6, 6.07) is 8.23. The maximum absolute atomic E-state index is 8.65. The normalized spacial score (nSPS) is 16.7. The van der Waals surface area contributed by atoms with Crippen LogP contribution < -0.4 is 0 Å². The van der Waals surface area contributed by atoms with Gasteiger partial charge < -0.3 is 14.7 Å². The van der Waals surface area contributed by atoms with E-state index in [4.69, 9.17) is 21.4 Å². The SMILES string of the molecule is Cl.OCCOCCN1CCC(Cc2ccc(Cl)cc2)CC1. The molecule has 3 nitrogen and oxygen atoms in total. The molecule has 0 bridgehead atoms. The molecule has 0 unspecified atom stereocenters. The summed E-state index contributed by atoms with van der Waals surface area (Å²) in [7, 11) is 0. The Bertz CT molecular complexity index is 378. The molecule has 1 aromatic rings. The van der Waals surface area contributed by atoms with Gasteiger partial charge >= 0.3 is 0 Å². The Hall–Kier alpha value is -0.320. The summed E-state index contributed by atoms with van der Waals surface area (Å²) in [6.45, 7) is 4.58. The van der Waals surface area contributed by atoms with Crippen molar-refractivity contribution in [3.63, 3.8) is 0 Å². The third-order valence-corrected chi connectivity index (χ3v) is 4.18. The molecular weight excluding hydrogens is 309 g/mol. The summed E-state index contributed by atoms with van der Waals surface area (Å²) in [5, 5.41) is 9.46. The van der Waals surface area contributed by atoms with Gasteiger partial charge in [-0.05, 0) is 56.0 Å². The van der Waals surface area contributed by atoms with Crippen LogP contribution >= 0.6 is 24.0 Å². The summed E-state index contributed by atoms with van der Waals surface area (Å²) >= 11 is 5.91. The smallest absolute Gasteiger partial charge is 0.0698 e. The average molecular weight is 334 g/mol. The van der Waals surface area contributed by atoms with E-state index >= 15 is 0 Å². The third-order valence-electron chi connectivity index (χ3n) is 3.93. The molecule has 5 heteroatoms. The van der Waals surface area contributed by atoms with Crippen LogP contribution in [0.2, 0.25) is 5.02 Å². The van der Waals surface area contributed by atoms with Crippen LogP contribution in [0.3, 0.4) is 0 Å². The molecule has 0 atom stereocenters. The van der Waals surface area contributed by atoms with Crippen LogP contribution in [0.4, 0.5) is 0 Å². The van der Waals surface area contributed by atoms with Crippen molar-refractivity contribution in [2.45, 2.75) is 19.3 Å². The number of likely N-dealkylation sites (tertiary alicyclic amines) is 1. The van der Waals surface area contributed by atoms with Gasteiger partial charge in [0.05, 0.1) is 19.8 Å². The van der Waals surface area contributed by atoms with Gasteiger partial charge in [-0.1, -0.05) is 23.7 Å². The number of benzene rings is 1. The highest BCUT2D eigenvalue weighted by atomic mass is 35.5. The fraction of sp³-hybridized carbons (Fsp3) is 0.625. The number of ether oxygens (including phenoxy) is 1. The second kappa shape index (κ2) is 10.4. The summed E-state index contributed by atoms with van der Waals surface area (Å²) in [5.74, 6) is 0.783. The van der Waals surface area contributed by atoms with Crippen molar-refractivity contribution in [1.82, 2.24) is 4.90 Å². The molecule has 1 saturated heterocycles. The number of nitrogens with zero attached hydrogens (tertiary/aromatic N) is 1. The minimum atomic E-state index is 0. The van der Waals surface area contributed by atoms with Crippen LogP contribution in [0.5, 0.6) is 0 Å². The molecule has 1 fully saturated rings. The average Bonchev–Trinajstić information content (AvgIpc) is 2.48. The molecule has 0 spiro atoms. The standard InChI is InChI=1S/C16H24ClNO2.ClH/c17-16-3-1-14(2-4-16)13-15-5-7-18(8-6-15)9-11-20-12-10-19;/h1-4,15,19H,5-13H2;1H. The Morgan fingerprint density at radius 1 is 1.14 bits per heavy atom. The number of piperidine rings is 1. The number of hydrogen-bond acceptors (Lipinski definition) is 3. The van der Waals surface area contributed by atoms with Crippen molar-refractivity contribution < 1.29 is 9.84 Å². The number of aliphatic hydroxyl groups is 1. The first kappa shape index (κ1) is 18.7. The highest BCUT2D eigenvalue weighted by Crippen LogP contribution is 2.22. The van der Waals surface area contributed by atoms with E-state index in [1.54, 1.807) is 0 Å². The van der Waals surface area contributed by atoms with E-state index in [1.165, 1.54) is 18.4 Å². The van der Waals surface area contributed by atoms with E-state index in [2.05, 4.69) is 17.0 Å². The molecule has 1 N–H and O–H groups in total. The summed E-state index contributed by atoms with van der Waals surface area (Å²) < 4.78 is 5.32. The monoisotopic (exact) mass is 333 g/mol. The van der Waals surface area contributed by atoms with E-state index in [-0.39, 0.29) is 19.0 Å². The molecule has 21 heavy (non-hydrogen) atoms.